The summed E-state index contributed by atoms with van der Waals surface area (Å²) >= 11 is 6.45. The van der Waals surface area contributed by atoms with Crippen molar-refractivity contribution in [2.75, 3.05) is 24.5 Å². The second-order valence-electron chi connectivity index (χ2n) is 6.18. The van der Waals surface area contributed by atoms with Crippen LogP contribution in [0.4, 0.5) is 5.69 Å². The zero-order valence-electron chi connectivity index (χ0n) is 12.2. The Balaban J connectivity index is 1.84. The van der Waals surface area contributed by atoms with Crippen molar-refractivity contribution < 1.29 is 5.11 Å². The molecule has 20 heavy (non-hydrogen) atoms. The van der Waals surface area contributed by atoms with Crippen molar-refractivity contribution in [1.29, 1.82) is 0 Å². The Morgan fingerprint density at radius 2 is 2.15 bits per heavy atom. The van der Waals surface area contributed by atoms with Crippen molar-refractivity contribution in [1.82, 2.24) is 4.90 Å². The molecule has 0 aliphatic carbocycles. The van der Waals surface area contributed by atoms with Gasteiger partial charge < -0.3 is 10.0 Å². The lowest BCUT2D eigenvalue weighted by molar-refractivity contribution is 0.199. The summed E-state index contributed by atoms with van der Waals surface area (Å²) in [6, 6.07) is 7.11. The van der Waals surface area contributed by atoms with E-state index in [1.807, 2.05) is 12.1 Å². The van der Waals surface area contributed by atoms with Crippen LogP contribution in [0, 0.1) is 0 Å². The molecule has 0 saturated carbocycles. The summed E-state index contributed by atoms with van der Waals surface area (Å²) in [7, 11) is 0. The number of benzene rings is 1. The van der Waals surface area contributed by atoms with Crippen molar-refractivity contribution in [2.24, 2.45) is 0 Å². The zero-order chi connectivity index (χ0) is 14.3. The van der Waals surface area contributed by atoms with Gasteiger partial charge in [0.1, 0.15) is 0 Å². The van der Waals surface area contributed by atoms with E-state index in [1.54, 1.807) is 6.92 Å². The molecule has 0 amide bonds. The average Bonchev–Trinajstić information content (AvgIpc) is 2.84. The minimum Gasteiger partial charge on any atom is -0.389 e. The molecule has 2 fully saturated rings. The molecule has 3 rings (SSSR count). The van der Waals surface area contributed by atoms with Crippen molar-refractivity contribution in [2.45, 2.75) is 44.9 Å². The third-order valence-corrected chi connectivity index (χ3v) is 5.00. The van der Waals surface area contributed by atoms with Crippen LogP contribution in [0.15, 0.2) is 18.2 Å². The predicted molar refractivity (Wildman–Crippen MR) is 83.5 cm³/mol. The van der Waals surface area contributed by atoms with Gasteiger partial charge in [0.25, 0.3) is 0 Å². The Labute approximate surface area is 126 Å². The SMILES string of the molecule is CC1CN2CCCC2CN1c1ccc([C@H](C)O)cc1Cl. The second-order valence-corrected chi connectivity index (χ2v) is 6.59. The molecule has 2 unspecified atom stereocenters. The summed E-state index contributed by atoms with van der Waals surface area (Å²) in [5, 5.41) is 10.4. The highest BCUT2D eigenvalue weighted by Crippen LogP contribution is 2.34. The van der Waals surface area contributed by atoms with Crippen LogP contribution in [0.1, 0.15) is 38.4 Å². The molecular formula is C16H23ClN2O. The number of hydrogen-bond acceptors (Lipinski definition) is 3. The number of fused-ring (bicyclic) bond motifs is 1. The molecule has 2 heterocycles. The molecule has 0 aromatic heterocycles. The number of halogens is 1. The maximum Gasteiger partial charge on any atom is 0.0762 e. The first-order valence-corrected chi connectivity index (χ1v) is 7.92. The summed E-state index contributed by atoms with van der Waals surface area (Å²) in [4.78, 5) is 5.04. The van der Waals surface area contributed by atoms with E-state index >= 15 is 0 Å². The molecule has 2 saturated heterocycles. The van der Waals surface area contributed by atoms with Gasteiger partial charge in [0.15, 0.2) is 0 Å². The average molecular weight is 295 g/mol. The van der Waals surface area contributed by atoms with Crippen LogP contribution in [0.3, 0.4) is 0 Å². The first-order valence-electron chi connectivity index (χ1n) is 7.54. The molecule has 3 atom stereocenters. The molecule has 1 aromatic carbocycles. The number of aliphatic hydroxyl groups is 1. The number of anilines is 1. The zero-order valence-corrected chi connectivity index (χ0v) is 13.0. The van der Waals surface area contributed by atoms with Crippen LogP contribution in [0.5, 0.6) is 0 Å². The van der Waals surface area contributed by atoms with E-state index in [2.05, 4.69) is 22.8 Å². The van der Waals surface area contributed by atoms with Gasteiger partial charge in [-0.3, -0.25) is 4.90 Å². The molecule has 0 radical (unpaired) electrons. The Morgan fingerprint density at radius 1 is 1.35 bits per heavy atom. The van der Waals surface area contributed by atoms with Gasteiger partial charge in [0, 0.05) is 25.2 Å². The lowest BCUT2D eigenvalue weighted by Gasteiger charge is -2.44. The molecule has 4 heteroatoms. The summed E-state index contributed by atoms with van der Waals surface area (Å²) in [5.41, 5.74) is 1.99. The number of nitrogens with zero attached hydrogens (tertiary/aromatic N) is 2. The molecule has 2 aliphatic rings. The molecule has 1 N–H and O–H groups in total. The largest absolute Gasteiger partial charge is 0.389 e. The van der Waals surface area contributed by atoms with E-state index in [1.165, 1.54) is 19.4 Å². The van der Waals surface area contributed by atoms with E-state index in [0.717, 1.165) is 29.4 Å². The summed E-state index contributed by atoms with van der Waals surface area (Å²) < 4.78 is 0. The molecule has 1 aromatic rings. The Kier molecular flexibility index (Phi) is 3.93. The lowest BCUT2D eigenvalue weighted by Crippen LogP contribution is -2.55. The van der Waals surface area contributed by atoms with Crippen LogP contribution in [0.25, 0.3) is 0 Å². The fourth-order valence-corrected chi connectivity index (χ4v) is 3.84. The number of rotatable bonds is 2. The summed E-state index contributed by atoms with van der Waals surface area (Å²) in [5.74, 6) is 0. The highest BCUT2D eigenvalue weighted by atomic mass is 35.5. The fourth-order valence-electron chi connectivity index (χ4n) is 3.54. The Bertz CT molecular complexity index is 491. The molecule has 3 nitrogen and oxygen atoms in total. The maximum atomic E-state index is 9.65. The van der Waals surface area contributed by atoms with Gasteiger partial charge in [-0.25, -0.2) is 0 Å². The topological polar surface area (TPSA) is 26.7 Å². The number of aliphatic hydroxyl groups excluding tert-OH is 1. The fraction of sp³-hybridized carbons (Fsp3) is 0.625. The standard InChI is InChI=1S/C16H23ClN2O/c1-11-9-18-7-3-4-14(18)10-19(11)16-6-5-13(12(2)20)8-15(16)17/h5-6,8,11-12,14,20H,3-4,7,9-10H2,1-2H3/t11?,12-,14?/m0/s1. The Morgan fingerprint density at radius 3 is 2.85 bits per heavy atom. The summed E-state index contributed by atoms with van der Waals surface area (Å²) in [6.45, 7) is 7.48. The molecule has 110 valence electrons. The van der Waals surface area contributed by atoms with Gasteiger partial charge in [0.2, 0.25) is 0 Å². The highest BCUT2D eigenvalue weighted by Gasteiger charge is 2.35. The predicted octanol–water partition coefficient (Wildman–Crippen LogP) is 3.07. The van der Waals surface area contributed by atoms with Gasteiger partial charge in [-0.15, -0.1) is 0 Å². The van der Waals surface area contributed by atoms with E-state index < -0.39 is 6.10 Å². The van der Waals surface area contributed by atoms with Crippen molar-refractivity contribution in [3.8, 4) is 0 Å². The minimum atomic E-state index is -0.467. The molecule has 0 bridgehead atoms. The molecule has 2 aliphatic heterocycles. The highest BCUT2D eigenvalue weighted by molar-refractivity contribution is 6.33. The van der Waals surface area contributed by atoms with Crippen LogP contribution in [-0.2, 0) is 0 Å². The lowest BCUT2D eigenvalue weighted by atomic mass is 10.0. The Hall–Kier alpha value is -0.770. The second kappa shape index (κ2) is 5.55. The number of piperazine rings is 1. The normalized spacial score (nSPS) is 28.5. The maximum absolute atomic E-state index is 9.65. The quantitative estimate of drug-likeness (QED) is 0.908. The smallest absolute Gasteiger partial charge is 0.0762 e. The molecule has 0 spiro atoms. The van der Waals surface area contributed by atoms with E-state index in [9.17, 15) is 5.11 Å². The van der Waals surface area contributed by atoms with Crippen LogP contribution in [0.2, 0.25) is 5.02 Å². The van der Waals surface area contributed by atoms with Gasteiger partial charge >= 0.3 is 0 Å². The van der Waals surface area contributed by atoms with Gasteiger partial charge in [-0.1, -0.05) is 17.7 Å². The van der Waals surface area contributed by atoms with Crippen molar-refractivity contribution >= 4 is 17.3 Å². The third kappa shape index (κ3) is 2.54. The van der Waals surface area contributed by atoms with Crippen molar-refractivity contribution in [3.63, 3.8) is 0 Å². The number of hydrogen-bond donors (Lipinski definition) is 1. The van der Waals surface area contributed by atoms with Crippen molar-refractivity contribution in [3.05, 3.63) is 28.8 Å². The van der Waals surface area contributed by atoms with Gasteiger partial charge in [-0.2, -0.15) is 0 Å². The monoisotopic (exact) mass is 294 g/mol. The van der Waals surface area contributed by atoms with Crippen LogP contribution >= 0.6 is 11.6 Å². The van der Waals surface area contributed by atoms with E-state index in [0.29, 0.717) is 12.1 Å². The van der Waals surface area contributed by atoms with E-state index in [-0.39, 0.29) is 0 Å². The first-order chi connectivity index (χ1) is 9.56. The minimum absolute atomic E-state index is 0.467. The van der Waals surface area contributed by atoms with Crippen LogP contribution in [-0.4, -0.2) is 41.7 Å². The molecular weight excluding hydrogens is 272 g/mol. The van der Waals surface area contributed by atoms with Gasteiger partial charge in [-0.05, 0) is 50.9 Å². The van der Waals surface area contributed by atoms with Crippen LogP contribution < -0.4 is 4.90 Å². The van der Waals surface area contributed by atoms with Gasteiger partial charge in [0.05, 0.1) is 16.8 Å². The van der Waals surface area contributed by atoms with E-state index in [4.69, 9.17) is 11.6 Å². The summed E-state index contributed by atoms with van der Waals surface area (Å²) in [6.07, 6.45) is 2.15. The first kappa shape index (κ1) is 14.2. The third-order valence-electron chi connectivity index (χ3n) is 4.70.